The van der Waals surface area contributed by atoms with E-state index in [1.165, 1.54) is 12.8 Å². The molecule has 0 aromatic carbocycles. The van der Waals surface area contributed by atoms with Gasteiger partial charge in [0.25, 0.3) is 0 Å². The smallest absolute Gasteiger partial charge is 0.317 e. The molecule has 20 heavy (non-hydrogen) atoms. The average molecular weight is 285 g/mol. The molecular formula is C14H27N3O3. The molecule has 2 atom stereocenters. The van der Waals surface area contributed by atoms with Crippen molar-refractivity contribution in [3.05, 3.63) is 0 Å². The van der Waals surface area contributed by atoms with Crippen LogP contribution < -0.4 is 5.32 Å². The topological polar surface area (TPSA) is 72.9 Å². The maximum absolute atomic E-state index is 12.1. The Morgan fingerprint density at radius 1 is 1.30 bits per heavy atom. The highest BCUT2D eigenvalue weighted by Crippen LogP contribution is 2.11. The minimum atomic E-state index is -0.880. The number of hydrogen-bond acceptors (Lipinski definition) is 3. The Balaban J connectivity index is 2.40. The summed E-state index contributed by atoms with van der Waals surface area (Å²) in [5, 5.41) is 11.7. The lowest BCUT2D eigenvalue weighted by molar-refractivity contribution is -0.138. The summed E-state index contributed by atoms with van der Waals surface area (Å²) in [6, 6.07) is -0.137. The van der Waals surface area contributed by atoms with E-state index in [-0.39, 0.29) is 18.5 Å². The van der Waals surface area contributed by atoms with Gasteiger partial charge in [0.2, 0.25) is 0 Å². The molecule has 0 saturated carbocycles. The molecule has 1 fully saturated rings. The largest absolute Gasteiger partial charge is 0.481 e. The number of rotatable bonds is 7. The van der Waals surface area contributed by atoms with Crippen molar-refractivity contribution in [2.75, 3.05) is 26.2 Å². The third-order valence-corrected chi connectivity index (χ3v) is 3.92. The maximum Gasteiger partial charge on any atom is 0.317 e. The second-order valence-electron chi connectivity index (χ2n) is 5.51. The standard InChI is InChI=1S/C14H27N3O3/c1-4-17(11(2)9-13(18)19)14(20)15-10-12(3)16-7-5-6-8-16/h11-12H,4-10H2,1-3H3,(H,15,20)(H,18,19). The first-order chi connectivity index (χ1) is 9.45. The molecule has 116 valence electrons. The lowest BCUT2D eigenvalue weighted by Gasteiger charge is -2.29. The third kappa shape index (κ3) is 5.00. The first-order valence-corrected chi connectivity index (χ1v) is 7.46. The molecule has 2 unspecified atom stereocenters. The SMILES string of the molecule is CCN(C(=O)NCC(C)N1CCCC1)C(C)CC(=O)O. The van der Waals surface area contributed by atoms with Crippen molar-refractivity contribution >= 4 is 12.0 Å². The van der Waals surface area contributed by atoms with E-state index in [9.17, 15) is 9.59 Å². The van der Waals surface area contributed by atoms with Gasteiger partial charge in [0, 0.05) is 25.2 Å². The Morgan fingerprint density at radius 3 is 2.40 bits per heavy atom. The molecule has 0 aliphatic carbocycles. The van der Waals surface area contributed by atoms with Crippen molar-refractivity contribution in [3.8, 4) is 0 Å². The highest BCUT2D eigenvalue weighted by Gasteiger charge is 2.22. The van der Waals surface area contributed by atoms with Crippen LogP contribution >= 0.6 is 0 Å². The predicted octanol–water partition coefficient (Wildman–Crippen LogP) is 1.37. The summed E-state index contributed by atoms with van der Waals surface area (Å²) in [6.45, 7) is 9.06. The van der Waals surface area contributed by atoms with Gasteiger partial charge in [0.05, 0.1) is 6.42 Å². The monoisotopic (exact) mass is 285 g/mol. The number of carboxylic acids is 1. The zero-order chi connectivity index (χ0) is 15.1. The first kappa shape index (κ1) is 16.8. The van der Waals surface area contributed by atoms with E-state index in [4.69, 9.17) is 5.11 Å². The number of carboxylic acid groups (broad SMARTS) is 1. The minimum Gasteiger partial charge on any atom is -0.481 e. The van der Waals surface area contributed by atoms with Gasteiger partial charge in [-0.3, -0.25) is 9.69 Å². The third-order valence-electron chi connectivity index (χ3n) is 3.92. The molecule has 0 radical (unpaired) electrons. The summed E-state index contributed by atoms with van der Waals surface area (Å²) in [6.07, 6.45) is 2.44. The van der Waals surface area contributed by atoms with Crippen LogP contribution in [-0.2, 0) is 4.79 Å². The predicted molar refractivity (Wildman–Crippen MR) is 77.8 cm³/mol. The first-order valence-electron chi connectivity index (χ1n) is 7.46. The second kappa shape index (κ2) is 8.09. The van der Waals surface area contributed by atoms with E-state index >= 15 is 0 Å². The van der Waals surface area contributed by atoms with Crippen LogP contribution in [0.2, 0.25) is 0 Å². The Kier molecular flexibility index (Phi) is 6.78. The number of urea groups is 1. The molecule has 1 aliphatic heterocycles. The van der Waals surface area contributed by atoms with Crippen molar-refractivity contribution in [2.45, 2.75) is 52.1 Å². The summed E-state index contributed by atoms with van der Waals surface area (Å²) in [7, 11) is 0. The van der Waals surface area contributed by atoms with Gasteiger partial charge >= 0.3 is 12.0 Å². The molecule has 1 saturated heterocycles. The number of amides is 2. The summed E-state index contributed by atoms with van der Waals surface area (Å²) >= 11 is 0. The van der Waals surface area contributed by atoms with Crippen LogP contribution in [0.1, 0.15) is 40.0 Å². The summed E-state index contributed by atoms with van der Waals surface area (Å²) < 4.78 is 0. The average Bonchev–Trinajstić information content (AvgIpc) is 2.89. The number of carbonyl (C=O) groups excluding carboxylic acids is 1. The highest BCUT2D eigenvalue weighted by atomic mass is 16.4. The van der Waals surface area contributed by atoms with Gasteiger partial charge < -0.3 is 15.3 Å². The van der Waals surface area contributed by atoms with E-state index in [0.29, 0.717) is 19.1 Å². The molecule has 2 N–H and O–H groups in total. The normalized spacial score (nSPS) is 18.6. The van der Waals surface area contributed by atoms with Gasteiger partial charge in [0.1, 0.15) is 0 Å². The number of likely N-dealkylation sites (tertiary alicyclic amines) is 1. The number of nitrogens with zero attached hydrogens (tertiary/aromatic N) is 2. The van der Waals surface area contributed by atoms with E-state index in [1.807, 2.05) is 6.92 Å². The van der Waals surface area contributed by atoms with Crippen molar-refractivity contribution in [3.63, 3.8) is 0 Å². The minimum absolute atomic E-state index is 0.0249. The number of carbonyl (C=O) groups is 2. The number of hydrogen-bond donors (Lipinski definition) is 2. The Labute approximate surface area is 121 Å². The van der Waals surface area contributed by atoms with Crippen molar-refractivity contribution in [1.82, 2.24) is 15.1 Å². The lowest BCUT2D eigenvalue weighted by atomic mass is 10.2. The molecule has 0 aromatic heterocycles. The highest BCUT2D eigenvalue weighted by molar-refractivity contribution is 5.75. The van der Waals surface area contributed by atoms with Gasteiger partial charge in [-0.1, -0.05) is 0 Å². The van der Waals surface area contributed by atoms with E-state index in [1.54, 1.807) is 11.8 Å². The van der Waals surface area contributed by atoms with Crippen LogP contribution in [0.3, 0.4) is 0 Å². The van der Waals surface area contributed by atoms with E-state index in [0.717, 1.165) is 13.1 Å². The summed E-state index contributed by atoms with van der Waals surface area (Å²) in [5.74, 6) is -0.880. The molecule has 1 heterocycles. The lowest BCUT2D eigenvalue weighted by Crippen LogP contribution is -2.49. The molecule has 1 aliphatic rings. The van der Waals surface area contributed by atoms with Crippen molar-refractivity contribution in [2.24, 2.45) is 0 Å². The fourth-order valence-corrected chi connectivity index (χ4v) is 2.67. The number of nitrogens with one attached hydrogen (secondary N) is 1. The quantitative estimate of drug-likeness (QED) is 0.741. The summed E-state index contributed by atoms with van der Waals surface area (Å²) in [5.41, 5.74) is 0. The van der Waals surface area contributed by atoms with E-state index < -0.39 is 5.97 Å². The van der Waals surface area contributed by atoms with Crippen molar-refractivity contribution < 1.29 is 14.7 Å². The maximum atomic E-state index is 12.1. The number of aliphatic carboxylic acids is 1. The molecule has 2 amide bonds. The van der Waals surface area contributed by atoms with Crippen molar-refractivity contribution in [1.29, 1.82) is 0 Å². The van der Waals surface area contributed by atoms with Gasteiger partial charge in [-0.2, -0.15) is 0 Å². The van der Waals surface area contributed by atoms with Gasteiger partial charge in [-0.05, 0) is 46.7 Å². The fraction of sp³-hybridized carbons (Fsp3) is 0.857. The van der Waals surface area contributed by atoms with Crippen LogP contribution in [0.4, 0.5) is 4.79 Å². The summed E-state index contributed by atoms with van der Waals surface area (Å²) in [4.78, 5) is 26.8. The van der Waals surface area contributed by atoms with Crippen LogP contribution in [0.15, 0.2) is 0 Å². The molecule has 6 nitrogen and oxygen atoms in total. The second-order valence-corrected chi connectivity index (χ2v) is 5.51. The Morgan fingerprint density at radius 2 is 1.90 bits per heavy atom. The Hall–Kier alpha value is -1.30. The molecular weight excluding hydrogens is 258 g/mol. The fourth-order valence-electron chi connectivity index (χ4n) is 2.67. The van der Waals surface area contributed by atoms with E-state index in [2.05, 4.69) is 17.1 Å². The molecule has 0 aromatic rings. The van der Waals surface area contributed by atoms with Crippen LogP contribution in [-0.4, -0.2) is 65.2 Å². The molecule has 0 spiro atoms. The zero-order valence-electron chi connectivity index (χ0n) is 12.8. The van der Waals surface area contributed by atoms with Gasteiger partial charge in [-0.15, -0.1) is 0 Å². The molecule has 1 rings (SSSR count). The molecule has 0 bridgehead atoms. The Bertz CT molecular complexity index is 330. The van der Waals surface area contributed by atoms with Gasteiger partial charge in [-0.25, -0.2) is 4.79 Å². The van der Waals surface area contributed by atoms with Gasteiger partial charge in [0.15, 0.2) is 0 Å². The van der Waals surface area contributed by atoms with Crippen LogP contribution in [0, 0.1) is 0 Å². The van der Waals surface area contributed by atoms with Crippen LogP contribution in [0.5, 0.6) is 0 Å². The molecule has 6 heteroatoms. The van der Waals surface area contributed by atoms with Crippen LogP contribution in [0.25, 0.3) is 0 Å². The zero-order valence-corrected chi connectivity index (χ0v) is 12.8.